The van der Waals surface area contributed by atoms with Gasteiger partial charge >= 0.3 is 0 Å². The van der Waals surface area contributed by atoms with Crippen LogP contribution < -0.4 is 5.32 Å². The lowest BCUT2D eigenvalue weighted by atomic mass is 9.97. The van der Waals surface area contributed by atoms with E-state index in [1.54, 1.807) is 0 Å². The molecule has 1 N–H and O–H groups in total. The molecule has 0 radical (unpaired) electrons. The molecule has 2 rings (SSSR count). The summed E-state index contributed by atoms with van der Waals surface area (Å²) in [6, 6.07) is 7.92. The van der Waals surface area contributed by atoms with Crippen molar-refractivity contribution >= 4 is 22.5 Å². The number of hydrogen-bond donors (Lipinski definition) is 1. The zero-order valence-corrected chi connectivity index (χ0v) is 11.9. The number of benzene rings is 1. The van der Waals surface area contributed by atoms with Crippen LogP contribution in [-0.2, 0) is 6.54 Å². The van der Waals surface area contributed by atoms with Crippen molar-refractivity contribution in [2.45, 2.75) is 27.3 Å². The quantitative estimate of drug-likeness (QED) is 0.904. The van der Waals surface area contributed by atoms with E-state index in [4.69, 9.17) is 11.6 Å². The minimum atomic E-state index is 0.287. The van der Waals surface area contributed by atoms with Crippen molar-refractivity contribution in [3.05, 3.63) is 41.0 Å². The third-order valence-corrected chi connectivity index (χ3v) is 3.10. The largest absolute Gasteiger partial charge is 0.312 e. The number of pyridine rings is 1. The fourth-order valence-corrected chi connectivity index (χ4v) is 2.13. The summed E-state index contributed by atoms with van der Waals surface area (Å²) < 4.78 is 0. The Kier molecular flexibility index (Phi) is 3.88. The highest BCUT2D eigenvalue weighted by Crippen LogP contribution is 2.24. The molecule has 1 aromatic heterocycles. The van der Waals surface area contributed by atoms with Crippen LogP contribution in [0.2, 0.25) is 5.02 Å². The lowest BCUT2D eigenvalue weighted by molar-refractivity contribution is 0.379. The van der Waals surface area contributed by atoms with Crippen molar-refractivity contribution in [1.82, 2.24) is 10.3 Å². The van der Waals surface area contributed by atoms with Crippen molar-refractivity contribution in [3.63, 3.8) is 0 Å². The molecule has 96 valence electrons. The molecule has 0 fully saturated rings. The van der Waals surface area contributed by atoms with Crippen molar-refractivity contribution in [1.29, 1.82) is 0 Å². The maximum atomic E-state index is 6.18. The lowest BCUT2D eigenvalue weighted by Crippen LogP contribution is -2.26. The van der Waals surface area contributed by atoms with Gasteiger partial charge in [0.2, 0.25) is 0 Å². The highest BCUT2D eigenvalue weighted by Gasteiger charge is 2.10. The highest BCUT2D eigenvalue weighted by atomic mass is 35.5. The normalized spacial score (nSPS) is 12.0. The Balaban J connectivity index is 2.21. The molecule has 3 heteroatoms. The molecule has 0 aliphatic carbocycles. The van der Waals surface area contributed by atoms with E-state index in [0.717, 1.165) is 29.0 Å². The van der Waals surface area contributed by atoms with Crippen molar-refractivity contribution in [2.24, 2.45) is 5.41 Å². The van der Waals surface area contributed by atoms with Gasteiger partial charge in [0, 0.05) is 29.7 Å². The lowest BCUT2D eigenvalue weighted by Gasteiger charge is -2.19. The van der Waals surface area contributed by atoms with E-state index >= 15 is 0 Å². The van der Waals surface area contributed by atoms with Crippen LogP contribution >= 0.6 is 11.6 Å². The van der Waals surface area contributed by atoms with Gasteiger partial charge in [0.15, 0.2) is 0 Å². The number of hydrogen-bond acceptors (Lipinski definition) is 2. The number of halogens is 1. The van der Waals surface area contributed by atoms with E-state index < -0.39 is 0 Å². The molecule has 0 spiro atoms. The molecule has 0 amide bonds. The molecule has 0 aliphatic heterocycles. The Labute approximate surface area is 113 Å². The maximum Gasteiger partial charge on any atom is 0.0761 e. The van der Waals surface area contributed by atoms with Crippen molar-refractivity contribution < 1.29 is 0 Å². The first-order valence-corrected chi connectivity index (χ1v) is 6.58. The number of nitrogens with zero attached hydrogens (tertiary/aromatic N) is 1. The van der Waals surface area contributed by atoms with E-state index in [2.05, 4.69) is 31.1 Å². The fourth-order valence-electron chi connectivity index (χ4n) is 1.91. The average molecular weight is 263 g/mol. The predicted molar refractivity (Wildman–Crippen MR) is 77.9 cm³/mol. The Morgan fingerprint density at radius 1 is 1.22 bits per heavy atom. The minimum Gasteiger partial charge on any atom is -0.312 e. The van der Waals surface area contributed by atoms with Crippen LogP contribution in [0.5, 0.6) is 0 Å². The van der Waals surface area contributed by atoms with Gasteiger partial charge in [0.25, 0.3) is 0 Å². The molecule has 2 aromatic rings. The summed E-state index contributed by atoms with van der Waals surface area (Å²) in [5.74, 6) is 0. The second-order valence-electron chi connectivity index (χ2n) is 5.77. The number of nitrogens with one attached hydrogen (secondary N) is 1. The van der Waals surface area contributed by atoms with Crippen molar-refractivity contribution in [3.8, 4) is 0 Å². The third kappa shape index (κ3) is 3.21. The van der Waals surface area contributed by atoms with Crippen LogP contribution in [0.4, 0.5) is 0 Å². The SMILES string of the molecule is CC(C)(C)CNCc1ccc(Cl)c2cccnc12. The molecule has 1 heterocycles. The monoisotopic (exact) mass is 262 g/mol. The second-order valence-corrected chi connectivity index (χ2v) is 6.18. The molecule has 0 atom stereocenters. The summed E-state index contributed by atoms with van der Waals surface area (Å²) in [6.45, 7) is 8.46. The number of fused-ring (bicyclic) bond motifs is 1. The van der Waals surface area contributed by atoms with Crippen LogP contribution in [0.3, 0.4) is 0 Å². The van der Waals surface area contributed by atoms with Crippen LogP contribution in [0.15, 0.2) is 30.5 Å². The van der Waals surface area contributed by atoms with Crippen LogP contribution in [0, 0.1) is 5.41 Å². The maximum absolute atomic E-state index is 6.18. The molecule has 0 saturated carbocycles. The van der Waals surface area contributed by atoms with E-state index in [-0.39, 0.29) is 5.41 Å². The molecule has 2 nitrogen and oxygen atoms in total. The van der Waals surface area contributed by atoms with Gasteiger partial charge in [-0.05, 0) is 29.2 Å². The summed E-state index contributed by atoms with van der Waals surface area (Å²) in [7, 11) is 0. The van der Waals surface area contributed by atoms with Gasteiger partial charge in [-0.15, -0.1) is 0 Å². The zero-order valence-electron chi connectivity index (χ0n) is 11.1. The zero-order chi connectivity index (χ0) is 13.2. The van der Waals surface area contributed by atoms with E-state index in [0.29, 0.717) is 0 Å². The summed E-state index contributed by atoms with van der Waals surface area (Å²) in [5, 5.41) is 5.25. The van der Waals surface area contributed by atoms with E-state index in [9.17, 15) is 0 Å². The van der Waals surface area contributed by atoms with Crippen LogP contribution in [-0.4, -0.2) is 11.5 Å². The highest BCUT2D eigenvalue weighted by molar-refractivity contribution is 6.35. The summed E-state index contributed by atoms with van der Waals surface area (Å²) in [5.41, 5.74) is 2.47. The topological polar surface area (TPSA) is 24.9 Å². The summed E-state index contributed by atoms with van der Waals surface area (Å²) >= 11 is 6.18. The van der Waals surface area contributed by atoms with Crippen LogP contribution in [0.1, 0.15) is 26.3 Å². The number of rotatable bonds is 3. The van der Waals surface area contributed by atoms with Crippen LogP contribution in [0.25, 0.3) is 10.9 Å². The van der Waals surface area contributed by atoms with Gasteiger partial charge < -0.3 is 5.32 Å². The average Bonchev–Trinajstić information content (AvgIpc) is 2.31. The molecule has 0 bridgehead atoms. The molecule has 18 heavy (non-hydrogen) atoms. The van der Waals surface area contributed by atoms with E-state index in [1.165, 1.54) is 5.56 Å². The first-order chi connectivity index (χ1) is 8.47. The van der Waals surface area contributed by atoms with Gasteiger partial charge in [-0.25, -0.2) is 0 Å². The van der Waals surface area contributed by atoms with Gasteiger partial charge in [0.1, 0.15) is 0 Å². The third-order valence-electron chi connectivity index (χ3n) is 2.77. The molecular formula is C15H19ClN2. The summed E-state index contributed by atoms with van der Waals surface area (Å²) in [6.07, 6.45) is 1.81. The Hall–Kier alpha value is -1.12. The summed E-state index contributed by atoms with van der Waals surface area (Å²) in [4.78, 5) is 4.43. The first kappa shape index (κ1) is 13.3. The Morgan fingerprint density at radius 3 is 2.72 bits per heavy atom. The van der Waals surface area contributed by atoms with Crippen molar-refractivity contribution in [2.75, 3.05) is 6.54 Å². The smallest absolute Gasteiger partial charge is 0.0761 e. The first-order valence-electron chi connectivity index (χ1n) is 6.20. The Bertz CT molecular complexity index is 544. The van der Waals surface area contributed by atoms with E-state index in [1.807, 2.05) is 30.5 Å². The molecule has 0 unspecified atom stereocenters. The predicted octanol–water partition coefficient (Wildman–Crippen LogP) is 4.02. The standard InChI is InChI=1S/C15H19ClN2/c1-15(2,3)10-17-9-11-6-7-13(16)12-5-4-8-18-14(11)12/h4-8,17H,9-10H2,1-3H3. The van der Waals surface area contributed by atoms with Gasteiger partial charge in [0.05, 0.1) is 5.52 Å². The minimum absolute atomic E-state index is 0.287. The number of aromatic nitrogens is 1. The van der Waals surface area contributed by atoms with Gasteiger partial charge in [-0.2, -0.15) is 0 Å². The second kappa shape index (κ2) is 5.25. The van der Waals surface area contributed by atoms with Gasteiger partial charge in [-0.3, -0.25) is 4.98 Å². The molecular weight excluding hydrogens is 244 g/mol. The fraction of sp³-hybridized carbons (Fsp3) is 0.400. The van der Waals surface area contributed by atoms with Gasteiger partial charge in [-0.1, -0.05) is 38.4 Å². The Morgan fingerprint density at radius 2 is 2.00 bits per heavy atom. The molecule has 0 aliphatic rings. The molecule has 0 saturated heterocycles. The molecule has 1 aromatic carbocycles.